The first-order valence-electron chi connectivity index (χ1n) is 8.00. The standard InChI is InChI=1S/C18H29NO/c1-5-20-15-10-8-9-14(13-15)19-17-12-7-6-11-16(17)18(2,3)4/h8-10,13,16-17,19H,5-7,11-12H2,1-4H3. The van der Waals surface area contributed by atoms with E-state index < -0.39 is 0 Å². The normalized spacial score (nSPS) is 23.4. The Morgan fingerprint density at radius 3 is 2.65 bits per heavy atom. The molecule has 0 heterocycles. The fourth-order valence-corrected chi connectivity index (χ4v) is 3.40. The molecule has 2 unspecified atom stereocenters. The van der Waals surface area contributed by atoms with E-state index in [4.69, 9.17) is 4.74 Å². The molecular weight excluding hydrogens is 246 g/mol. The second kappa shape index (κ2) is 6.51. The van der Waals surface area contributed by atoms with Crippen LogP contribution in [-0.2, 0) is 0 Å². The zero-order chi connectivity index (χ0) is 14.6. The Morgan fingerprint density at radius 2 is 1.95 bits per heavy atom. The molecule has 2 atom stereocenters. The zero-order valence-electron chi connectivity index (χ0n) is 13.4. The molecule has 1 aromatic carbocycles. The van der Waals surface area contributed by atoms with Crippen LogP contribution in [0.3, 0.4) is 0 Å². The summed E-state index contributed by atoms with van der Waals surface area (Å²) in [5.74, 6) is 1.70. The third kappa shape index (κ3) is 3.91. The molecule has 1 saturated carbocycles. The van der Waals surface area contributed by atoms with Crippen molar-refractivity contribution in [1.29, 1.82) is 0 Å². The van der Waals surface area contributed by atoms with E-state index in [-0.39, 0.29) is 0 Å². The Hall–Kier alpha value is -1.18. The molecule has 2 nitrogen and oxygen atoms in total. The van der Waals surface area contributed by atoms with Crippen molar-refractivity contribution in [3.05, 3.63) is 24.3 Å². The van der Waals surface area contributed by atoms with Crippen LogP contribution in [0, 0.1) is 11.3 Å². The Kier molecular flexibility index (Phi) is 4.95. The molecule has 0 radical (unpaired) electrons. The third-order valence-electron chi connectivity index (χ3n) is 4.38. The van der Waals surface area contributed by atoms with E-state index in [1.54, 1.807) is 0 Å². The van der Waals surface area contributed by atoms with E-state index >= 15 is 0 Å². The quantitative estimate of drug-likeness (QED) is 0.825. The highest BCUT2D eigenvalue weighted by atomic mass is 16.5. The van der Waals surface area contributed by atoms with Gasteiger partial charge in [0.05, 0.1) is 6.61 Å². The first-order chi connectivity index (χ1) is 9.50. The van der Waals surface area contributed by atoms with Crippen LogP contribution in [-0.4, -0.2) is 12.6 Å². The summed E-state index contributed by atoms with van der Waals surface area (Å²) < 4.78 is 5.59. The maximum Gasteiger partial charge on any atom is 0.121 e. The minimum Gasteiger partial charge on any atom is -0.494 e. The van der Waals surface area contributed by atoms with Crippen LogP contribution in [0.5, 0.6) is 5.75 Å². The lowest BCUT2D eigenvalue weighted by molar-refractivity contribution is 0.163. The van der Waals surface area contributed by atoms with Gasteiger partial charge in [-0.3, -0.25) is 0 Å². The molecule has 2 heteroatoms. The summed E-state index contributed by atoms with van der Waals surface area (Å²) in [5, 5.41) is 3.76. The monoisotopic (exact) mass is 275 g/mol. The highest BCUT2D eigenvalue weighted by molar-refractivity contribution is 5.49. The summed E-state index contributed by atoms with van der Waals surface area (Å²) in [5.41, 5.74) is 1.56. The largest absolute Gasteiger partial charge is 0.494 e. The first-order valence-corrected chi connectivity index (χ1v) is 8.00. The van der Waals surface area contributed by atoms with Gasteiger partial charge in [0.25, 0.3) is 0 Å². The van der Waals surface area contributed by atoms with Crippen molar-refractivity contribution in [1.82, 2.24) is 0 Å². The van der Waals surface area contributed by atoms with Crippen LogP contribution in [0.1, 0.15) is 53.4 Å². The van der Waals surface area contributed by atoms with Crippen LogP contribution in [0.4, 0.5) is 5.69 Å². The Labute approximate surface area is 123 Å². The van der Waals surface area contributed by atoms with Crippen molar-refractivity contribution in [2.75, 3.05) is 11.9 Å². The summed E-state index contributed by atoms with van der Waals surface area (Å²) in [7, 11) is 0. The topological polar surface area (TPSA) is 21.3 Å². The average Bonchev–Trinajstić information content (AvgIpc) is 2.39. The number of anilines is 1. The van der Waals surface area contributed by atoms with Gasteiger partial charge in [-0.1, -0.05) is 39.7 Å². The highest BCUT2D eigenvalue weighted by Crippen LogP contribution is 2.39. The van der Waals surface area contributed by atoms with Gasteiger partial charge in [-0.25, -0.2) is 0 Å². The van der Waals surface area contributed by atoms with Gasteiger partial charge in [0.15, 0.2) is 0 Å². The first kappa shape index (κ1) is 15.2. The molecule has 0 bridgehead atoms. The molecule has 1 N–H and O–H groups in total. The Bertz CT molecular complexity index is 422. The van der Waals surface area contributed by atoms with E-state index in [0.29, 0.717) is 11.5 Å². The van der Waals surface area contributed by atoms with Crippen LogP contribution < -0.4 is 10.1 Å². The van der Waals surface area contributed by atoms with Gasteiger partial charge in [0.2, 0.25) is 0 Å². The molecule has 1 fully saturated rings. The molecule has 0 aromatic heterocycles. The molecular formula is C18H29NO. The molecule has 1 aromatic rings. The summed E-state index contributed by atoms with van der Waals surface area (Å²) >= 11 is 0. The number of hydrogen-bond acceptors (Lipinski definition) is 2. The van der Waals surface area contributed by atoms with Crippen LogP contribution in [0.2, 0.25) is 0 Å². The molecule has 1 aliphatic carbocycles. The fraction of sp³-hybridized carbons (Fsp3) is 0.667. The molecule has 0 spiro atoms. The zero-order valence-corrected chi connectivity index (χ0v) is 13.4. The van der Waals surface area contributed by atoms with Crippen molar-refractivity contribution in [2.45, 2.75) is 59.4 Å². The van der Waals surface area contributed by atoms with Crippen molar-refractivity contribution in [3.63, 3.8) is 0 Å². The molecule has 0 aliphatic heterocycles. The van der Waals surface area contributed by atoms with Crippen molar-refractivity contribution in [3.8, 4) is 5.75 Å². The van der Waals surface area contributed by atoms with Crippen LogP contribution in [0.25, 0.3) is 0 Å². The van der Waals surface area contributed by atoms with Crippen LogP contribution >= 0.6 is 0 Å². The molecule has 20 heavy (non-hydrogen) atoms. The minimum absolute atomic E-state index is 0.371. The van der Waals surface area contributed by atoms with Gasteiger partial charge in [-0.2, -0.15) is 0 Å². The second-order valence-electron chi connectivity index (χ2n) is 6.97. The van der Waals surface area contributed by atoms with Crippen molar-refractivity contribution < 1.29 is 4.74 Å². The average molecular weight is 275 g/mol. The minimum atomic E-state index is 0.371. The predicted molar refractivity (Wildman–Crippen MR) is 86.4 cm³/mol. The van der Waals surface area contributed by atoms with Gasteiger partial charge in [0, 0.05) is 17.8 Å². The van der Waals surface area contributed by atoms with Gasteiger partial charge >= 0.3 is 0 Å². The number of rotatable bonds is 4. The number of ether oxygens (including phenoxy) is 1. The fourth-order valence-electron chi connectivity index (χ4n) is 3.40. The SMILES string of the molecule is CCOc1cccc(NC2CCCCC2C(C)(C)C)c1. The molecule has 1 aliphatic rings. The Morgan fingerprint density at radius 1 is 1.20 bits per heavy atom. The van der Waals surface area contributed by atoms with E-state index in [9.17, 15) is 0 Å². The van der Waals surface area contributed by atoms with Crippen molar-refractivity contribution in [2.24, 2.45) is 11.3 Å². The number of hydrogen-bond donors (Lipinski definition) is 1. The lowest BCUT2D eigenvalue weighted by Crippen LogP contribution is -2.39. The van der Waals surface area contributed by atoms with E-state index in [1.807, 2.05) is 13.0 Å². The van der Waals surface area contributed by atoms with Gasteiger partial charge in [-0.05, 0) is 43.2 Å². The second-order valence-corrected chi connectivity index (χ2v) is 6.97. The van der Waals surface area contributed by atoms with Gasteiger partial charge < -0.3 is 10.1 Å². The van der Waals surface area contributed by atoms with Gasteiger partial charge in [0.1, 0.15) is 5.75 Å². The van der Waals surface area contributed by atoms with Gasteiger partial charge in [-0.15, -0.1) is 0 Å². The molecule has 112 valence electrons. The molecule has 0 saturated heterocycles. The maximum absolute atomic E-state index is 5.59. The highest BCUT2D eigenvalue weighted by Gasteiger charge is 2.33. The predicted octanol–water partition coefficient (Wildman–Crippen LogP) is 5.10. The summed E-state index contributed by atoms with van der Waals surface area (Å²) in [4.78, 5) is 0. The lowest BCUT2D eigenvalue weighted by Gasteiger charge is -2.41. The lowest BCUT2D eigenvalue weighted by atomic mass is 9.69. The molecule has 0 amide bonds. The van der Waals surface area contributed by atoms with E-state index in [0.717, 1.165) is 18.3 Å². The summed E-state index contributed by atoms with van der Waals surface area (Å²) in [6.07, 6.45) is 5.33. The summed E-state index contributed by atoms with van der Waals surface area (Å²) in [6, 6.07) is 8.95. The maximum atomic E-state index is 5.59. The third-order valence-corrected chi connectivity index (χ3v) is 4.38. The Balaban J connectivity index is 2.08. The van der Waals surface area contributed by atoms with Crippen molar-refractivity contribution >= 4 is 5.69 Å². The summed E-state index contributed by atoms with van der Waals surface area (Å²) in [6.45, 7) is 9.85. The number of nitrogens with one attached hydrogen (secondary N) is 1. The van der Waals surface area contributed by atoms with Crippen LogP contribution in [0.15, 0.2) is 24.3 Å². The number of benzene rings is 1. The van der Waals surface area contributed by atoms with E-state index in [1.165, 1.54) is 31.4 Å². The molecule has 2 rings (SSSR count). The smallest absolute Gasteiger partial charge is 0.121 e. The van der Waals surface area contributed by atoms with E-state index in [2.05, 4.69) is 44.3 Å².